The van der Waals surface area contributed by atoms with Crippen LogP contribution in [0.3, 0.4) is 0 Å². The molecule has 148 valence electrons. The van der Waals surface area contributed by atoms with Gasteiger partial charge in [-0.05, 0) is 42.8 Å². The number of hydrogen-bond acceptors (Lipinski definition) is 4. The highest BCUT2D eigenvalue weighted by atomic mass is 19.1. The molecule has 1 aromatic carbocycles. The van der Waals surface area contributed by atoms with E-state index in [2.05, 4.69) is 48.1 Å². The van der Waals surface area contributed by atoms with Crippen molar-refractivity contribution < 1.29 is 9.29 Å². The van der Waals surface area contributed by atoms with Gasteiger partial charge in [0.05, 0.1) is 37.4 Å². The number of nitrogens with zero attached hydrogens (tertiary/aromatic N) is 5. The molecule has 1 fully saturated rings. The molecule has 3 rings (SSSR count). The normalized spacial score (nSPS) is 17.3. The fourth-order valence-electron chi connectivity index (χ4n) is 3.89. The average Bonchev–Trinajstić information content (AvgIpc) is 3.17. The highest BCUT2D eigenvalue weighted by Crippen LogP contribution is 2.24. The molecule has 2 aromatic rings. The summed E-state index contributed by atoms with van der Waals surface area (Å²) in [7, 11) is 0. The summed E-state index contributed by atoms with van der Waals surface area (Å²) in [5.41, 5.74) is 0.611. The molecule has 7 heteroatoms. The average molecular weight is 376 g/mol. The molecule has 1 aliphatic rings. The number of nitrogens with one attached hydrogen (secondary N) is 1. The molecular weight excluding hydrogens is 343 g/mol. The molecule has 0 spiro atoms. The summed E-state index contributed by atoms with van der Waals surface area (Å²) in [6.45, 7) is 12.3. The summed E-state index contributed by atoms with van der Waals surface area (Å²) in [4.78, 5) is 3.65. The second kappa shape index (κ2) is 8.33. The fourth-order valence-corrected chi connectivity index (χ4v) is 3.89. The molecule has 1 aliphatic heterocycles. The number of rotatable bonds is 7. The quantitative estimate of drug-likeness (QED) is 0.806. The van der Waals surface area contributed by atoms with Crippen molar-refractivity contribution >= 4 is 5.69 Å². The largest absolute Gasteiger partial charge is 0.358 e. The van der Waals surface area contributed by atoms with E-state index in [0.717, 1.165) is 51.3 Å². The maximum Gasteiger partial charge on any atom is 0.209 e. The minimum absolute atomic E-state index is 0.0980. The number of para-hydroxylation sites is 1. The predicted molar refractivity (Wildman–Crippen MR) is 104 cm³/mol. The van der Waals surface area contributed by atoms with Crippen LogP contribution in [0.2, 0.25) is 0 Å². The molecule has 1 atom stereocenters. The Bertz CT molecular complexity index is 736. The minimum atomic E-state index is -0.139. The van der Waals surface area contributed by atoms with Gasteiger partial charge in [-0.3, -0.25) is 0 Å². The van der Waals surface area contributed by atoms with E-state index in [-0.39, 0.29) is 17.4 Å². The summed E-state index contributed by atoms with van der Waals surface area (Å²) in [6, 6.07) is 7.33. The molecule has 0 aliphatic carbocycles. The Hall–Kier alpha value is -2.02. The van der Waals surface area contributed by atoms with Gasteiger partial charge < -0.3 is 9.80 Å². The van der Waals surface area contributed by atoms with E-state index in [9.17, 15) is 4.39 Å². The first-order valence-corrected chi connectivity index (χ1v) is 10.1. The first-order valence-electron chi connectivity index (χ1n) is 10.1. The summed E-state index contributed by atoms with van der Waals surface area (Å²) in [5.74, 6) is 0.845. The lowest BCUT2D eigenvalue weighted by Crippen LogP contribution is -3.15. The number of benzene rings is 1. The number of tetrazole rings is 1. The van der Waals surface area contributed by atoms with Crippen molar-refractivity contribution in [3.05, 3.63) is 35.9 Å². The summed E-state index contributed by atoms with van der Waals surface area (Å²) < 4.78 is 16.1. The molecule has 0 bridgehead atoms. The van der Waals surface area contributed by atoms with Crippen LogP contribution < -0.4 is 9.80 Å². The zero-order chi connectivity index (χ0) is 19.4. The monoisotopic (exact) mass is 375 g/mol. The Balaban J connectivity index is 1.77. The van der Waals surface area contributed by atoms with Gasteiger partial charge in [0.2, 0.25) is 5.82 Å². The van der Waals surface area contributed by atoms with Gasteiger partial charge >= 0.3 is 0 Å². The summed E-state index contributed by atoms with van der Waals surface area (Å²) >= 11 is 0. The van der Waals surface area contributed by atoms with Gasteiger partial charge in [-0.15, -0.1) is 5.10 Å². The van der Waals surface area contributed by atoms with Gasteiger partial charge in [-0.1, -0.05) is 32.4 Å². The van der Waals surface area contributed by atoms with Crippen molar-refractivity contribution in [2.24, 2.45) is 0 Å². The van der Waals surface area contributed by atoms with Crippen molar-refractivity contribution in [1.29, 1.82) is 0 Å². The lowest BCUT2D eigenvalue weighted by atomic mass is 10.0. The topological polar surface area (TPSA) is 51.3 Å². The minimum Gasteiger partial charge on any atom is -0.358 e. The Kier molecular flexibility index (Phi) is 6.09. The van der Waals surface area contributed by atoms with Crippen LogP contribution in [-0.2, 0) is 5.54 Å². The molecule has 1 N–H and O–H groups in total. The van der Waals surface area contributed by atoms with Gasteiger partial charge in [0.15, 0.2) is 0 Å². The number of halogens is 1. The van der Waals surface area contributed by atoms with Crippen molar-refractivity contribution in [3.8, 4) is 0 Å². The van der Waals surface area contributed by atoms with Crippen molar-refractivity contribution in [2.45, 2.75) is 58.5 Å². The molecule has 2 heterocycles. The van der Waals surface area contributed by atoms with Crippen LogP contribution in [0.4, 0.5) is 10.1 Å². The molecule has 6 nitrogen and oxygen atoms in total. The zero-order valence-corrected chi connectivity index (χ0v) is 17.0. The predicted octanol–water partition coefficient (Wildman–Crippen LogP) is 2.20. The van der Waals surface area contributed by atoms with Crippen LogP contribution in [-0.4, -0.2) is 46.4 Å². The van der Waals surface area contributed by atoms with Crippen LogP contribution in [0, 0.1) is 5.82 Å². The van der Waals surface area contributed by atoms with E-state index in [1.165, 1.54) is 11.0 Å². The zero-order valence-electron chi connectivity index (χ0n) is 17.0. The standard InChI is InChI=1S/C20H31FN6/c1-5-9-18(19-22-23-24-27(19)20(3,4)6-2)26-14-12-25(13-15-26)17-11-8-7-10-16(17)21/h7-8,10-11,18H,5-6,9,12-15H2,1-4H3/p+1/t18-/m1/s1. The Morgan fingerprint density at radius 3 is 2.52 bits per heavy atom. The van der Waals surface area contributed by atoms with Crippen LogP contribution in [0.1, 0.15) is 58.8 Å². The van der Waals surface area contributed by atoms with E-state index in [1.54, 1.807) is 6.07 Å². The van der Waals surface area contributed by atoms with E-state index in [1.807, 2.05) is 16.8 Å². The molecule has 0 unspecified atom stereocenters. The number of anilines is 1. The molecular formula is C20H32FN6+. The SMILES string of the molecule is CCC[C@H](c1nnnn1C(C)(C)CC)[NH+]1CCN(c2ccccc2F)CC1. The van der Waals surface area contributed by atoms with E-state index in [4.69, 9.17) is 0 Å². The first kappa shape index (κ1) is 19.7. The van der Waals surface area contributed by atoms with Gasteiger partial charge in [-0.25, -0.2) is 9.07 Å². The fraction of sp³-hybridized carbons (Fsp3) is 0.650. The molecule has 1 saturated heterocycles. The van der Waals surface area contributed by atoms with Crippen molar-refractivity contribution in [1.82, 2.24) is 20.2 Å². The van der Waals surface area contributed by atoms with E-state index in [0.29, 0.717) is 5.69 Å². The van der Waals surface area contributed by atoms with Crippen LogP contribution >= 0.6 is 0 Å². The second-order valence-corrected chi connectivity index (χ2v) is 8.05. The van der Waals surface area contributed by atoms with Crippen molar-refractivity contribution in [3.63, 3.8) is 0 Å². The van der Waals surface area contributed by atoms with E-state index >= 15 is 0 Å². The third kappa shape index (κ3) is 4.13. The maximum atomic E-state index is 14.1. The van der Waals surface area contributed by atoms with Crippen LogP contribution in [0.15, 0.2) is 24.3 Å². The highest BCUT2D eigenvalue weighted by molar-refractivity contribution is 5.47. The lowest BCUT2D eigenvalue weighted by molar-refractivity contribution is -0.933. The van der Waals surface area contributed by atoms with Gasteiger partial charge in [0.25, 0.3) is 0 Å². The third-order valence-electron chi connectivity index (χ3n) is 5.91. The highest BCUT2D eigenvalue weighted by Gasteiger charge is 2.35. The van der Waals surface area contributed by atoms with E-state index < -0.39 is 0 Å². The molecule has 1 aromatic heterocycles. The number of quaternary nitrogens is 1. The van der Waals surface area contributed by atoms with Gasteiger partial charge in [-0.2, -0.15) is 0 Å². The second-order valence-electron chi connectivity index (χ2n) is 8.05. The Morgan fingerprint density at radius 1 is 1.19 bits per heavy atom. The molecule has 27 heavy (non-hydrogen) atoms. The number of aromatic nitrogens is 4. The van der Waals surface area contributed by atoms with Crippen molar-refractivity contribution in [2.75, 3.05) is 31.1 Å². The Labute approximate surface area is 161 Å². The summed E-state index contributed by atoms with van der Waals surface area (Å²) in [5, 5.41) is 12.7. The number of hydrogen-bond donors (Lipinski definition) is 1. The summed E-state index contributed by atoms with van der Waals surface area (Å²) in [6.07, 6.45) is 3.11. The number of piperazine rings is 1. The van der Waals surface area contributed by atoms with Crippen LogP contribution in [0.5, 0.6) is 0 Å². The Morgan fingerprint density at radius 2 is 1.89 bits per heavy atom. The molecule has 0 radical (unpaired) electrons. The first-order chi connectivity index (χ1) is 13.0. The lowest BCUT2D eigenvalue weighted by Gasteiger charge is -2.38. The third-order valence-corrected chi connectivity index (χ3v) is 5.91. The van der Waals surface area contributed by atoms with Gasteiger partial charge in [0, 0.05) is 6.42 Å². The molecule has 0 amide bonds. The smallest absolute Gasteiger partial charge is 0.209 e. The molecule has 0 saturated carbocycles. The van der Waals surface area contributed by atoms with Crippen LogP contribution in [0.25, 0.3) is 0 Å². The van der Waals surface area contributed by atoms with Gasteiger partial charge in [0.1, 0.15) is 11.9 Å². The maximum absolute atomic E-state index is 14.1.